The van der Waals surface area contributed by atoms with Crippen LogP contribution < -0.4 is 5.32 Å². The zero-order valence-corrected chi connectivity index (χ0v) is 16.5. The Hall–Kier alpha value is -1.89. The van der Waals surface area contributed by atoms with Crippen LogP contribution in [-0.4, -0.2) is 61.7 Å². The second kappa shape index (κ2) is 4.99. The van der Waals surface area contributed by atoms with E-state index in [1.54, 1.807) is 7.11 Å². The minimum Gasteiger partial charge on any atom is -0.467 e. The Bertz CT molecular complexity index is 918. The number of fused-ring (bicyclic) bond motifs is 3. The molecular weight excluding hydrogens is 356 g/mol. The van der Waals surface area contributed by atoms with E-state index in [-0.39, 0.29) is 28.9 Å². The van der Waals surface area contributed by atoms with Crippen molar-refractivity contribution in [2.24, 2.45) is 5.41 Å². The van der Waals surface area contributed by atoms with Gasteiger partial charge in [-0.3, -0.25) is 4.90 Å². The van der Waals surface area contributed by atoms with Gasteiger partial charge in [0.15, 0.2) is 5.72 Å². The van der Waals surface area contributed by atoms with Gasteiger partial charge < -0.3 is 19.5 Å². The Morgan fingerprint density at radius 2 is 2.14 bits per heavy atom. The monoisotopic (exact) mass is 382 g/mol. The molecule has 1 aliphatic carbocycles. The molecule has 0 amide bonds. The van der Waals surface area contributed by atoms with E-state index in [0.29, 0.717) is 6.42 Å². The molecule has 0 unspecified atom stereocenters. The fourth-order valence-electron chi connectivity index (χ4n) is 7.55. The minimum atomic E-state index is -1.21. The Balaban J connectivity index is 1.74. The molecule has 3 fully saturated rings. The number of hydrogen-bond acceptors (Lipinski definition) is 6. The van der Waals surface area contributed by atoms with Crippen LogP contribution in [0.5, 0.6) is 0 Å². The largest absolute Gasteiger partial charge is 0.467 e. The summed E-state index contributed by atoms with van der Waals surface area (Å²) in [5.74, 6) is -0.353. The number of hydrogen-bond donors (Lipinski definition) is 1. The molecule has 1 N–H and O–H groups in total. The molecule has 1 saturated carbocycles. The van der Waals surface area contributed by atoms with Gasteiger partial charge in [0, 0.05) is 37.2 Å². The van der Waals surface area contributed by atoms with Crippen LogP contribution in [0.15, 0.2) is 36.4 Å². The highest BCUT2D eigenvalue weighted by atomic mass is 16.6. The smallest absolute Gasteiger partial charge is 0.343 e. The molecule has 0 radical (unpaired) electrons. The number of nitrogens with zero attached hydrogens (tertiary/aromatic N) is 1. The number of rotatable bonds is 2. The van der Waals surface area contributed by atoms with Crippen LogP contribution in [0.25, 0.3) is 0 Å². The molecule has 2 saturated heterocycles. The number of carbonyl (C=O) groups excluding carboxylic acids is 1. The summed E-state index contributed by atoms with van der Waals surface area (Å²) < 4.78 is 18.4. The number of methoxy groups -OCH3 is 2. The third kappa shape index (κ3) is 1.42. The normalized spacial score (nSPS) is 47.2. The van der Waals surface area contributed by atoms with Crippen LogP contribution in [0.1, 0.15) is 25.3 Å². The standard InChI is InChI=1S/C22H26N2O4/c1-14-19-9-6-11-24-12-10-20(17(19)24)15-7-4-5-8-16(15)23-22(20,27-3)21(13-19,28-14)18(25)26-2/h4-9,14,17,23H,10-13H2,1-3H3/t14-,17+,19-,20-,21-,22+/m1/s1. The lowest BCUT2D eigenvalue weighted by atomic mass is 9.49. The van der Waals surface area contributed by atoms with Crippen molar-refractivity contribution in [1.82, 2.24) is 4.90 Å². The SMILES string of the molecule is COC(=O)[C@]12C[C@]3(C=CCN4CC[C@@]5(c6ccccc6N[C@@]15OC)[C@@H]43)[C@@H](C)O2. The van der Waals surface area contributed by atoms with Gasteiger partial charge >= 0.3 is 5.97 Å². The van der Waals surface area contributed by atoms with Crippen molar-refractivity contribution in [3.05, 3.63) is 42.0 Å². The van der Waals surface area contributed by atoms with E-state index in [2.05, 4.69) is 47.5 Å². The van der Waals surface area contributed by atoms with Gasteiger partial charge in [-0.15, -0.1) is 0 Å². The first-order chi connectivity index (χ1) is 13.5. The van der Waals surface area contributed by atoms with Crippen LogP contribution in [0.2, 0.25) is 0 Å². The van der Waals surface area contributed by atoms with Gasteiger partial charge in [-0.05, 0) is 31.5 Å². The molecule has 6 atom stereocenters. The Kier molecular flexibility index (Phi) is 3.03. The molecule has 2 bridgehead atoms. The highest BCUT2D eigenvalue weighted by molar-refractivity contribution is 5.87. The molecule has 5 aliphatic rings. The summed E-state index contributed by atoms with van der Waals surface area (Å²) in [5, 5.41) is 3.65. The van der Waals surface area contributed by atoms with E-state index in [1.807, 2.05) is 6.07 Å². The van der Waals surface area contributed by atoms with Crippen molar-refractivity contribution in [2.75, 3.05) is 32.6 Å². The summed E-state index contributed by atoms with van der Waals surface area (Å²) in [4.78, 5) is 15.9. The van der Waals surface area contributed by atoms with Crippen LogP contribution in [0, 0.1) is 5.41 Å². The molecule has 0 aromatic heterocycles. The predicted octanol–water partition coefficient (Wildman–Crippen LogP) is 2.06. The Labute approximate surface area is 164 Å². The zero-order chi connectivity index (χ0) is 19.4. The third-order valence-corrected chi connectivity index (χ3v) is 8.33. The average molecular weight is 382 g/mol. The number of ether oxygens (including phenoxy) is 3. The lowest BCUT2D eigenvalue weighted by molar-refractivity contribution is -0.225. The van der Waals surface area contributed by atoms with Crippen LogP contribution >= 0.6 is 0 Å². The molecule has 28 heavy (non-hydrogen) atoms. The lowest BCUT2D eigenvalue weighted by Crippen LogP contribution is -2.78. The van der Waals surface area contributed by atoms with Crippen LogP contribution in [0.3, 0.4) is 0 Å². The predicted molar refractivity (Wildman–Crippen MR) is 103 cm³/mol. The summed E-state index contributed by atoms with van der Waals surface area (Å²) in [5.41, 5.74) is -0.582. The number of para-hydroxylation sites is 1. The first-order valence-electron chi connectivity index (χ1n) is 10.1. The highest BCUT2D eigenvalue weighted by Gasteiger charge is 2.87. The second-order valence-corrected chi connectivity index (χ2v) is 8.94. The number of esters is 1. The van der Waals surface area contributed by atoms with Crippen LogP contribution in [-0.2, 0) is 24.4 Å². The van der Waals surface area contributed by atoms with E-state index < -0.39 is 11.3 Å². The summed E-state index contributed by atoms with van der Waals surface area (Å²) in [6, 6.07) is 8.59. The molecule has 6 nitrogen and oxygen atoms in total. The number of benzene rings is 1. The van der Waals surface area contributed by atoms with Crippen molar-refractivity contribution in [2.45, 2.75) is 48.7 Å². The highest BCUT2D eigenvalue weighted by Crippen LogP contribution is 2.73. The molecule has 1 aromatic rings. The Morgan fingerprint density at radius 3 is 2.93 bits per heavy atom. The molecule has 6 rings (SSSR count). The summed E-state index contributed by atoms with van der Waals surface area (Å²) in [6.45, 7) is 4.00. The van der Waals surface area contributed by atoms with Gasteiger partial charge in [0.25, 0.3) is 0 Å². The fourth-order valence-corrected chi connectivity index (χ4v) is 7.55. The molecule has 4 aliphatic heterocycles. The maximum atomic E-state index is 13.4. The van der Waals surface area contributed by atoms with E-state index in [9.17, 15) is 4.79 Å². The van der Waals surface area contributed by atoms with Gasteiger partial charge in [0.05, 0.1) is 18.6 Å². The minimum absolute atomic E-state index is 0.114. The topological polar surface area (TPSA) is 60.0 Å². The van der Waals surface area contributed by atoms with E-state index in [4.69, 9.17) is 14.2 Å². The Morgan fingerprint density at radius 1 is 1.32 bits per heavy atom. The molecule has 4 heterocycles. The number of anilines is 1. The van der Waals surface area contributed by atoms with Crippen molar-refractivity contribution in [3.63, 3.8) is 0 Å². The number of carbonyl (C=O) groups is 1. The van der Waals surface area contributed by atoms with Gasteiger partial charge in [-0.25, -0.2) is 4.79 Å². The van der Waals surface area contributed by atoms with Gasteiger partial charge in [0.2, 0.25) is 5.60 Å². The van der Waals surface area contributed by atoms with E-state index >= 15 is 0 Å². The summed E-state index contributed by atoms with van der Waals surface area (Å²) in [7, 11) is 3.14. The molecule has 2 spiro atoms. The molecule has 6 heteroatoms. The quantitative estimate of drug-likeness (QED) is 0.624. The average Bonchev–Trinajstić information content (AvgIpc) is 3.34. The second-order valence-electron chi connectivity index (χ2n) is 8.94. The van der Waals surface area contributed by atoms with Gasteiger partial charge in [-0.1, -0.05) is 30.4 Å². The van der Waals surface area contributed by atoms with E-state index in [1.165, 1.54) is 12.7 Å². The van der Waals surface area contributed by atoms with Crippen molar-refractivity contribution in [1.29, 1.82) is 0 Å². The zero-order valence-electron chi connectivity index (χ0n) is 16.5. The molecule has 1 aromatic carbocycles. The lowest BCUT2D eigenvalue weighted by Gasteiger charge is -2.60. The van der Waals surface area contributed by atoms with Gasteiger partial charge in [-0.2, -0.15) is 0 Å². The van der Waals surface area contributed by atoms with Crippen LogP contribution in [0.4, 0.5) is 5.69 Å². The number of nitrogens with one attached hydrogen (secondary N) is 1. The first-order valence-corrected chi connectivity index (χ1v) is 10.1. The third-order valence-electron chi connectivity index (χ3n) is 8.33. The van der Waals surface area contributed by atoms with E-state index in [0.717, 1.165) is 25.2 Å². The van der Waals surface area contributed by atoms with Crippen molar-refractivity contribution < 1.29 is 19.0 Å². The maximum absolute atomic E-state index is 13.4. The van der Waals surface area contributed by atoms with Crippen molar-refractivity contribution in [3.8, 4) is 0 Å². The maximum Gasteiger partial charge on any atom is 0.343 e. The summed E-state index contributed by atoms with van der Waals surface area (Å²) in [6.07, 6.45) is 5.92. The first kappa shape index (κ1) is 17.0. The van der Waals surface area contributed by atoms with Crippen molar-refractivity contribution >= 4 is 11.7 Å². The molecule has 148 valence electrons. The molecular formula is C22H26N2O4. The summed E-state index contributed by atoms with van der Waals surface area (Å²) >= 11 is 0. The van der Waals surface area contributed by atoms with Gasteiger partial charge in [0.1, 0.15) is 0 Å². The fraction of sp³-hybridized carbons (Fsp3) is 0.591.